The number of carbonyl (C=O) groups excluding carboxylic acids is 1. The van der Waals surface area contributed by atoms with E-state index in [2.05, 4.69) is 55.6 Å². The molecule has 1 atom stereocenters. The van der Waals surface area contributed by atoms with Crippen molar-refractivity contribution in [3.8, 4) is 11.1 Å². The van der Waals surface area contributed by atoms with Crippen LogP contribution in [0.5, 0.6) is 0 Å². The van der Waals surface area contributed by atoms with E-state index in [1.165, 1.54) is 11.1 Å². The van der Waals surface area contributed by atoms with Crippen LogP contribution in [0.15, 0.2) is 54.6 Å². The van der Waals surface area contributed by atoms with Crippen molar-refractivity contribution in [1.29, 1.82) is 0 Å². The third-order valence-corrected chi connectivity index (χ3v) is 4.41. The Morgan fingerprint density at radius 1 is 1.04 bits per heavy atom. The van der Waals surface area contributed by atoms with Crippen LogP contribution in [0.2, 0.25) is 0 Å². The van der Waals surface area contributed by atoms with Crippen LogP contribution in [0, 0.1) is 0 Å². The molecular weight excluding hydrogens is 326 g/mol. The zero-order valence-electron chi connectivity index (χ0n) is 15.8. The Morgan fingerprint density at radius 3 is 2.23 bits per heavy atom. The number of carbonyl (C=O) groups is 1. The summed E-state index contributed by atoms with van der Waals surface area (Å²) in [6.07, 6.45) is 0.628. The van der Waals surface area contributed by atoms with Crippen LogP contribution in [-0.4, -0.2) is 41.7 Å². The molecule has 5 heteroatoms. The van der Waals surface area contributed by atoms with E-state index >= 15 is 0 Å². The van der Waals surface area contributed by atoms with Gasteiger partial charge >= 0.3 is 0 Å². The molecule has 2 aromatic carbocycles. The van der Waals surface area contributed by atoms with Crippen molar-refractivity contribution in [1.82, 2.24) is 15.7 Å². The normalized spacial score (nSPS) is 12.4. The van der Waals surface area contributed by atoms with Crippen LogP contribution in [-0.2, 0) is 11.3 Å². The van der Waals surface area contributed by atoms with Gasteiger partial charge in [-0.3, -0.25) is 14.9 Å². The predicted octanol–water partition coefficient (Wildman–Crippen LogP) is 3.05. The fourth-order valence-corrected chi connectivity index (χ4v) is 2.97. The van der Waals surface area contributed by atoms with Crippen LogP contribution in [0.4, 0.5) is 0 Å². The van der Waals surface area contributed by atoms with Crippen LogP contribution in [0.25, 0.3) is 11.1 Å². The molecule has 0 aliphatic carbocycles. The first-order valence-corrected chi connectivity index (χ1v) is 9.03. The molecule has 0 radical (unpaired) electrons. The Hall–Kier alpha value is -2.21. The highest BCUT2D eigenvalue weighted by Gasteiger charge is 2.22. The fourth-order valence-electron chi connectivity index (χ4n) is 2.97. The Kier molecular flexibility index (Phi) is 7.78. The van der Waals surface area contributed by atoms with Gasteiger partial charge in [0.05, 0.1) is 6.04 Å². The van der Waals surface area contributed by atoms with Crippen LogP contribution < -0.4 is 10.8 Å². The zero-order valence-corrected chi connectivity index (χ0v) is 15.8. The lowest BCUT2D eigenvalue weighted by Gasteiger charge is -2.27. The SMILES string of the molecule is CC(C)NCCC(C(=O)NO)N(C)Cc1ccc(-c2ccccc2)cc1. The highest BCUT2D eigenvalue weighted by molar-refractivity contribution is 5.80. The largest absolute Gasteiger partial charge is 0.314 e. The maximum atomic E-state index is 12.0. The van der Waals surface area contributed by atoms with Gasteiger partial charge in [-0.15, -0.1) is 0 Å². The summed E-state index contributed by atoms with van der Waals surface area (Å²) in [5.41, 5.74) is 5.27. The fraction of sp³-hybridized carbons (Fsp3) is 0.381. The molecule has 0 aromatic heterocycles. The Morgan fingerprint density at radius 2 is 1.65 bits per heavy atom. The monoisotopic (exact) mass is 355 g/mol. The second kappa shape index (κ2) is 10.1. The minimum atomic E-state index is -0.389. The van der Waals surface area contributed by atoms with Gasteiger partial charge in [-0.1, -0.05) is 68.4 Å². The molecule has 26 heavy (non-hydrogen) atoms. The van der Waals surface area contributed by atoms with E-state index in [0.29, 0.717) is 25.6 Å². The van der Waals surface area contributed by atoms with Crippen LogP contribution in [0.3, 0.4) is 0 Å². The molecule has 0 fully saturated rings. The van der Waals surface area contributed by atoms with Crippen molar-refractivity contribution in [3.63, 3.8) is 0 Å². The van der Waals surface area contributed by atoms with E-state index in [1.54, 1.807) is 5.48 Å². The van der Waals surface area contributed by atoms with Crippen molar-refractivity contribution in [3.05, 3.63) is 60.2 Å². The van der Waals surface area contributed by atoms with Gasteiger partial charge in [0, 0.05) is 12.6 Å². The summed E-state index contributed by atoms with van der Waals surface area (Å²) in [5, 5.41) is 12.4. The third kappa shape index (κ3) is 5.95. The molecule has 0 heterocycles. The highest BCUT2D eigenvalue weighted by Crippen LogP contribution is 2.20. The van der Waals surface area contributed by atoms with Crippen LogP contribution >= 0.6 is 0 Å². The molecule has 2 rings (SSSR count). The van der Waals surface area contributed by atoms with Gasteiger partial charge < -0.3 is 5.32 Å². The summed E-state index contributed by atoms with van der Waals surface area (Å²) < 4.78 is 0. The lowest BCUT2D eigenvalue weighted by Crippen LogP contribution is -2.45. The number of benzene rings is 2. The molecule has 3 N–H and O–H groups in total. The number of rotatable bonds is 9. The van der Waals surface area contributed by atoms with Gasteiger partial charge in [0.2, 0.25) is 0 Å². The lowest BCUT2D eigenvalue weighted by molar-refractivity contribution is -0.134. The first-order chi connectivity index (χ1) is 12.5. The summed E-state index contributed by atoms with van der Waals surface area (Å²) in [6.45, 7) is 5.49. The molecular formula is C21H29N3O2. The van der Waals surface area contributed by atoms with Gasteiger partial charge in [0.1, 0.15) is 0 Å². The first-order valence-electron chi connectivity index (χ1n) is 9.03. The molecule has 1 amide bonds. The number of hydrogen-bond donors (Lipinski definition) is 3. The number of nitrogens with one attached hydrogen (secondary N) is 2. The minimum absolute atomic E-state index is 0.365. The predicted molar refractivity (Wildman–Crippen MR) is 105 cm³/mol. The molecule has 2 aromatic rings. The van der Waals surface area contributed by atoms with Gasteiger partial charge in [-0.05, 0) is 36.7 Å². The maximum Gasteiger partial charge on any atom is 0.260 e. The number of likely N-dealkylation sites (N-methyl/N-ethyl adjacent to an activating group) is 1. The van der Waals surface area contributed by atoms with E-state index in [0.717, 1.165) is 5.56 Å². The number of hydroxylamine groups is 1. The van der Waals surface area contributed by atoms with E-state index in [1.807, 2.05) is 30.1 Å². The van der Waals surface area contributed by atoms with E-state index < -0.39 is 0 Å². The van der Waals surface area contributed by atoms with Crippen LogP contribution in [0.1, 0.15) is 25.8 Å². The second-order valence-electron chi connectivity index (χ2n) is 6.87. The number of amides is 1. The second-order valence-corrected chi connectivity index (χ2v) is 6.87. The molecule has 140 valence electrons. The van der Waals surface area contributed by atoms with Crippen molar-refractivity contribution in [2.75, 3.05) is 13.6 Å². The van der Waals surface area contributed by atoms with E-state index in [9.17, 15) is 4.79 Å². The van der Waals surface area contributed by atoms with Gasteiger partial charge in [-0.25, -0.2) is 5.48 Å². The molecule has 0 aliphatic heterocycles. The molecule has 0 aliphatic rings. The molecule has 1 unspecified atom stereocenters. The molecule has 5 nitrogen and oxygen atoms in total. The van der Waals surface area contributed by atoms with Crippen molar-refractivity contribution in [2.45, 2.75) is 38.9 Å². The topological polar surface area (TPSA) is 64.6 Å². The van der Waals surface area contributed by atoms with Gasteiger partial charge in [0.25, 0.3) is 5.91 Å². The standard InChI is InChI=1S/C21H29N3O2/c1-16(2)22-14-13-20(21(25)23-26)24(3)15-17-9-11-19(12-10-17)18-7-5-4-6-8-18/h4-12,16,20,22,26H,13-15H2,1-3H3,(H,23,25). The lowest BCUT2D eigenvalue weighted by atomic mass is 10.0. The Labute approximate surface area is 156 Å². The Bertz CT molecular complexity index is 671. The molecule has 0 saturated heterocycles. The number of nitrogens with zero attached hydrogens (tertiary/aromatic N) is 1. The summed E-state index contributed by atoms with van der Waals surface area (Å²) in [6, 6.07) is 18.6. The molecule has 0 saturated carbocycles. The van der Waals surface area contributed by atoms with E-state index in [-0.39, 0.29) is 11.9 Å². The third-order valence-electron chi connectivity index (χ3n) is 4.41. The van der Waals surface area contributed by atoms with Gasteiger partial charge in [-0.2, -0.15) is 0 Å². The first kappa shape index (κ1) is 20.1. The zero-order chi connectivity index (χ0) is 18.9. The Balaban J connectivity index is 2.01. The summed E-state index contributed by atoms with van der Waals surface area (Å²) in [5.74, 6) is -0.376. The average molecular weight is 355 g/mol. The average Bonchev–Trinajstić information content (AvgIpc) is 2.65. The minimum Gasteiger partial charge on any atom is -0.314 e. The van der Waals surface area contributed by atoms with Crippen molar-refractivity contribution in [2.24, 2.45) is 0 Å². The smallest absolute Gasteiger partial charge is 0.260 e. The number of hydrogen-bond acceptors (Lipinski definition) is 4. The van der Waals surface area contributed by atoms with E-state index in [4.69, 9.17) is 5.21 Å². The summed E-state index contributed by atoms with van der Waals surface area (Å²) in [7, 11) is 1.90. The van der Waals surface area contributed by atoms with Crippen molar-refractivity contribution < 1.29 is 10.0 Å². The molecule has 0 spiro atoms. The van der Waals surface area contributed by atoms with Gasteiger partial charge in [0.15, 0.2) is 0 Å². The maximum absolute atomic E-state index is 12.0. The summed E-state index contributed by atoms with van der Waals surface area (Å²) in [4.78, 5) is 14.0. The molecule has 0 bridgehead atoms. The van der Waals surface area contributed by atoms with Crippen molar-refractivity contribution >= 4 is 5.91 Å². The quantitative estimate of drug-likeness (QED) is 0.478. The summed E-state index contributed by atoms with van der Waals surface area (Å²) >= 11 is 0. The highest BCUT2D eigenvalue weighted by atomic mass is 16.5.